The van der Waals surface area contributed by atoms with Gasteiger partial charge in [0.2, 0.25) is 5.95 Å². The molecule has 2 rings (SSSR count). The third kappa shape index (κ3) is 3.10. The molecule has 1 heterocycles. The summed E-state index contributed by atoms with van der Waals surface area (Å²) in [6.45, 7) is 0.230. The third-order valence-corrected chi connectivity index (χ3v) is 3.01. The van der Waals surface area contributed by atoms with Crippen molar-refractivity contribution in [2.24, 2.45) is 0 Å². The van der Waals surface area contributed by atoms with Crippen LogP contribution in [0.25, 0.3) is 0 Å². The molecule has 1 atom stereocenters. The Morgan fingerprint density at radius 2 is 1.72 bits per heavy atom. The van der Waals surface area contributed by atoms with Crippen LogP contribution in [-0.4, -0.2) is 21.6 Å². The highest BCUT2D eigenvalue weighted by atomic mass is 35.5. The zero-order valence-corrected chi connectivity index (χ0v) is 10.9. The van der Waals surface area contributed by atoms with Crippen molar-refractivity contribution in [3.63, 3.8) is 0 Å². The molecule has 94 valence electrons. The van der Waals surface area contributed by atoms with E-state index in [1.54, 1.807) is 36.7 Å². The van der Waals surface area contributed by atoms with Crippen LogP contribution < -0.4 is 5.32 Å². The fourth-order valence-corrected chi connectivity index (χ4v) is 2.16. The molecule has 0 radical (unpaired) electrons. The van der Waals surface area contributed by atoms with E-state index in [1.165, 1.54) is 0 Å². The minimum Gasteiger partial charge on any atom is -0.386 e. The molecule has 0 amide bonds. The van der Waals surface area contributed by atoms with Gasteiger partial charge in [-0.25, -0.2) is 9.97 Å². The summed E-state index contributed by atoms with van der Waals surface area (Å²) in [5, 5.41) is 13.8. The van der Waals surface area contributed by atoms with Crippen molar-refractivity contribution >= 4 is 29.2 Å². The molecule has 0 bridgehead atoms. The fourth-order valence-electron chi connectivity index (χ4n) is 1.51. The van der Waals surface area contributed by atoms with Gasteiger partial charge >= 0.3 is 0 Å². The van der Waals surface area contributed by atoms with Gasteiger partial charge in [0.05, 0.1) is 6.10 Å². The SMILES string of the molecule is OC(CNc1ncccn1)c1c(Cl)cccc1Cl. The van der Waals surface area contributed by atoms with E-state index in [2.05, 4.69) is 15.3 Å². The number of hydrogen-bond acceptors (Lipinski definition) is 4. The summed E-state index contributed by atoms with van der Waals surface area (Å²) < 4.78 is 0. The Kier molecular flexibility index (Phi) is 4.36. The van der Waals surface area contributed by atoms with Crippen molar-refractivity contribution in [2.75, 3.05) is 11.9 Å². The molecule has 2 aromatic rings. The largest absolute Gasteiger partial charge is 0.386 e. The van der Waals surface area contributed by atoms with E-state index in [4.69, 9.17) is 23.2 Å². The number of aliphatic hydroxyl groups is 1. The zero-order chi connectivity index (χ0) is 13.0. The molecule has 0 saturated heterocycles. The van der Waals surface area contributed by atoms with Crippen LogP contribution in [0.2, 0.25) is 10.0 Å². The maximum absolute atomic E-state index is 10.1. The van der Waals surface area contributed by atoms with Gasteiger partial charge in [-0.2, -0.15) is 0 Å². The number of aliphatic hydroxyl groups excluding tert-OH is 1. The Morgan fingerprint density at radius 3 is 2.33 bits per heavy atom. The van der Waals surface area contributed by atoms with Gasteiger partial charge in [-0.1, -0.05) is 29.3 Å². The van der Waals surface area contributed by atoms with Crippen molar-refractivity contribution in [3.05, 3.63) is 52.3 Å². The molecule has 0 spiro atoms. The van der Waals surface area contributed by atoms with Crippen LogP contribution in [0.3, 0.4) is 0 Å². The van der Waals surface area contributed by atoms with Crippen molar-refractivity contribution in [1.82, 2.24) is 9.97 Å². The molecule has 1 aromatic heterocycles. The first kappa shape index (κ1) is 13.1. The molecule has 0 aliphatic rings. The molecule has 6 heteroatoms. The minimum absolute atomic E-state index is 0.230. The van der Waals surface area contributed by atoms with E-state index < -0.39 is 6.10 Å². The molecular weight excluding hydrogens is 273 g/mol. The molecule has 0 aliphatic carbocycles. The summed E-state index contributed by atoms with van der Waals surface area (Å²) in [5.74, 6) is 0.444. The van der Waals surface area contributed by atoms with E-state index >= 15 is 0 Å². The Morgan fingerprint density at radius 1 is 1.11 bits per heavy atom. The van der Waals surface area contributed by atoms with Gasteiger partial charge in [0, 0.05) is 34.5 Å². The lowest BCUT2D eigenvalue weighted by Gasteiger charge is -2.14. The number of aromatic nitrogens is 2. The molecule has 1 aromatic carbocycles. The fraction of sp³-hybridized carbons (Fsp3) is 0.167. The topological polar surface area (TPSA) is 58.0 Å². The summed E-state index contributed by atoms with van der Waals surface area (Å²) in [6, 6.07) is 6.82. The van der Waals surface area contributed by atoms with Crippen LogP contribution in [0, 0.1) is 0 Å². The highest BCUT2D eigenvalue weighted by Gasteiger charge is 2.15. The van der Waals surface area contributed by atoms with Crippen molar-refractivity contribution in [1.29, 1.82) is 0 Å². The second kappa shape index (κ2) is 6.00. The number of nitrogens with zero attached hydrogens (tertiary/aromatic N) is 2. The molecule has 1 unspecified atom stereocenters. The number of halogens is 2. The van der Waals surface area contributed by atoms with Crippen LogP contribution in [0.15, 0.2) is 36.7 Å². The van der Waals surface area contributed by atoms with E-state index in [0.29, 0.717) is 21.6 Å². The Balaban J connectivity index is 2.06. The number of anilines is 1. The van der Waals surface area contributed by atoms with Gasteiger partial charge in [-0.05, 0) is 18.2 Å². The normalized spacial score (nSPS) is 12.2. The standard InChI is InChI=1S/C12H11Cl2N3O/c13-8-3-1-4-9(14)11(8)10(18)7-17-12-15-5-2-6-16-12/h1-6,10,18H,7H2,(H,15,16,17). The molecule has 2 N–H and O–H groups in total. The average Bonchev–Trinajstić information content (AvgIpc) is 2.37. The van der Waals surface area contributed by atoms with Gasteiger partial charge in [0.1, 0.15) is 0 Å². The number of nitrogens with one attached hydrogen (secondary N) is 1. The van der Waals surface area contributed by atoms with Gasteiger partial charge in [-0.15, -0.1) is 0 Å². The molecule has 0 saturated carbocycles. The molecule has 0 aliphatic heterocycles. The van der Waals surface area contributed by atoms with Crippen LogP contribution in [0.4, 0.5) is 5.95 Å². The number of benzene rings is 1. The number of rotatable bonds is 4. The second-order valence-corrected chi connectivity index (χ2v) is 4.42. The monoisotopic (exact) mass is 283 g/mol. The van der Waals surface area contributed by atoms with Crippen molar-refractivity contribution in [2.45, 2.75) is 6.10 Å². The predicted molar refractivity (Wildman–Crippen MR) is 71.9 cm³/mol. The molecule has 0 fully saturated rings. The van der Waals surface area contributed by atoms with Crippen molar-refractivity contribution < 1.29 is 5.11 Å². The van der Waals surface area contributed by atoms with Crippen LogP contribution >= 0.6 is 23.2 Å². The Hall–Kier alpha value is -1.36. The summed E-state index contributed by atoms with van der Waals surface area (Å²) in [5.41, 5.74) is 0.504. The molecule has 4 nitrogen and oxygen atoms in total. The minimum atomic E-state index is -0.824. The molecule has 18 heavy (non-hydrogen) atoms. The molecular formula is C12H11Cl2N3O. The Bertz CT molecular complexity index is 502. The summed E-state index contributed by atoms with van der Waals surface area (Å²) >= 11 is 12.0. The first-order chi connectivity index (χ1) is 8.68. The van der Waals surface area contributed by atoms with E-state index in [9.17, 15) is 5.11 Å². The second-order valence-electron chi connectivity index (χ2n) is 3.60. The first-order valence-electron chi connectivity index (χ1n) is 5.31. The summed E-state index contributed by atoms with van der Waals surface area (Å²) in [4.78, 5) is 7.98. The van der Waals surface area contributed by atoms with Crippen LogP contribution in [-0.2, 0) is 0 Å². The van der Waals surface area contributed by atoms with Crippen LogP contribution in [0.1, 0.15) is 11.7 Å². The van der Waals surface area contributed by atoms with Crippen molar-refractivity contribution in [3.8, 4) is 0 Å². The zero-order valence-electron chi connectivity index (χ0n) is 9.35. The summed E-state index contributed by atoms with van der Waals surface area (Å²) in [7, 11) is 0. The number of hydrogen-bond donors (Lipinski definition) is 2. The lowest BCUT2D eigenvalue weighted by Crippen LogP contribution is -2.14. The maximum atomic E-state index is 10.1. The van der Waals surface area contributed by atoms with Gasteiger partial charge in [0.15, 0.2) is 0 Å². The van der Waals surface area contributed by atoms with Gasteiger partial charge in [0.25, 0.3) is 0 Å². The van der Waals surface area contributed by atoms with E-state index in [0.717, 1.165) is 0 Å². The lowest BCUT2D eigenvalue weighted by molar-refractivity contribution is 0.191. The predicted octanol–water partition coefficient (Wildman–Crippen LogP) is 2.93. The van der Waals surface area contributed by atoms with E-state index in [-0.39, 0.29) is 6.54 Å². The third-order valence-electron chi connectivity index (χ3n) is 2.35. The highest BCUT2D eigenvalue weighted by Crippen LogP contribution is 2.30. The van der Waals surface area contributed by atoms with Gasteiger partial charge in [-0.3, -0.25) is 0 Å². The van der Waals surface area contributed by atoms with Crippen LogP contribution in [0.5, 0.6) is 0 Å². The average molecular weight is 284 g/mol. The van der Waals surface area contributed by atoms with Gasteiger partial charge < -0.3 is 10.4 Å². The smallest absolute Gasteiger partial charge is 0.222 e. The lowest BCUT2D eigenvalue weighted by atomic mass is 10.1. The maximum Gasteiger partial charge on any atom is 0.222 e. The first-order valence-corrected chi connectivity index (χ1v) is 6.07. The quantitative estimate of drug-likeness (QED) is 0.906. The van der Waals surface area contributed by atoms with E-state index in [1.807, 2.05) is 0 Å². The summed E-state index contributed by atoms with van der Waals surface area (Å²) in [6.07, 6.45) is 2.41. The highest BCUT2D eigenvalue weighted by molar-refractivity contribution is 6.36. The Labute approximate surface area is 115 Å².